The van der Waals surface area contributed by atoms with E-state index in [0.29, 0.717) is 26.1 Å². The highest BCUT2D eigenvalue weighted by molar-refractivity contribution is 7.89. The van der Waals surface area contributed by atoms with Crippen molar-refractivity contribution >= 4 is 28.5 Å². The van der Waals surface area contributed by atoms with Gasteiger partial charge in [-0.1, -0.05) is 56.3 Å². The average molecular weight is 571 g/mol. The monoisotopic (exact) mass is 570 g/mol. The summed E-state index contributed by atoms with van der Waals surface area (Å²) < 4.78 is 32.0. The Morgan fingerprint density at radius 3 is 2.32 bits per heavy atom. The minimum absolute atomic E-state index is 0. The van der Waals surface area contributed by atoms with Gasteiger partial charge in [-0.05, 0) is 42.5 Å². The molecule has 0 bridgehead atoms. The van der Waals surface area contributed by atoms with Gasteiger partial charge in [-0.3, -0.25) is 0 Å². The predicted octanol–water partition coefficient (Wildman–Crippen LogP) is 2.93. The molecule has 214 valence electrons. The van der Waals surface area contributed by atoms with E-state index >= 15 is 0 Å². The largest absolute Gasteiger partial charge is 0.497 e. The molecule has 0 aliphatic rings. The molecule has 0 fully saturated rings. The minimum Gasteiger partial charge on any atom is -0.497 e. The summed E-state index contributed by atoms with van der Waals surface area (Å²) in [6, 6.07) is 16.2. The molecule has 2 aromatic carbocycles. The number of hydrogen-bond acceptors (Lipinski definition) is 6. The number of benzene rings is 2. The zero-order valence-electron chi connectivity index (χ0n) is 22.6. The first-order valence-corrected chi connectivity index (χ1v) is 14.5. The number of carbonyl (C=O) groups excluding carboxylic acids is 1. The van der Waals surface area contributed by atoms with E-state index in [2.05, 4.69) is 16.0 Å². The fourth-order valence-corrected chi connectivity index (χ4v) is 5.51. The van der Waals surface area contributed by atoms with Crippen LogP contribution in [0.4, 0.5) is 4.79 Å². The number of rotatable bonds is 17. The van der Waals surface area contributed by atoms with Crippen LogP contribution in [0.2, 0.25) is 0 Å². The number of aliphatic hydroxyl groups excluding tert-OH is 1. The van der Waals surface area contributed by atoms with Crippen LogP contribution < -0.4 is 20.7 Å². The number of ether oxygens (including phenoxy) is 1. The van der Waals surface area contributed by atoms with Gasteiger partial charge in [0.1, 0.15) is 5.75 Å². The molecule has 38 heavy (non-hydrogen) atoms. The van der Waals surface area contributed by atoms with Crippen molar-refractivity contribution < 1.29 is 23.1 Å². The number of carbonyl (C=O) groups is 1. The maximum absolute atomic E-state index is 12.6. The van der Waals surface area contributed by atoms with E-state index in [9.17, 15) is 18.3 Å². The number of hydrogen-bond donors (Lipinski definition) is 4. The van der Waals surface area contributed by atoms with Crippen molar-refractivity contribution in [2.75, 3.05) is 39.0 Å². The number of urea groups is 1. The second-order valence-electron chi connectivity index (χ2n) is 8.96. The summed E-state index contributed by atoms with van der Waals surface area (Å²) in [6.45, 7) is 5.59. The van der Waals surface area contributed by atoms with Crippen LogP contribution in [0.25, 0.3) is 0 Å². The van der Waals surface area contributed by atoms with Gasteiger partial charge >= 0.3 is 6.03 Å². The fraction of sp³-hybridized carbons (Fsp3) is 0.519. The molecular formula is C27H43ClN4O5S. The fourth-order valence-electron chi connectivity index (χ4n) is 3.97. The molecule has 0 heterocycles. The van der Waals surface area contributed by atoms with Crippen LogP contribution in [0.1, 0.15) is 37.8 Å². The van der Waals surface area contributed by atoms with Crippen LogP contribution in [0, 0.1) is 0 Å². The highest BCUT2D eigenvalue weighted by Gasteiger charge is 2.23. The third-order valence-electron chi connectivity index (χ3n) is 5.88. The lowest BCUT2D eigenvalue weighted by molar-refractivity contribution is 0.126. The van der Waals surface area contributed by atoms with Gasteiger partial charge in [-0.2, -0.15) is 0 Å². The average Bonchev–Trinajstić information content (AvgIpc) is 2.88. The van der Waals surface area contributed by atoms with Crippen molar-refractivity contribution in [3.05, 3.63) is 65.7 Å². The quantitative estimate of drug-likeness (QED) is 0.232. The summed E-state index contributed by atoms with van der Waals surface area (Å²) in [5.41, 5.74) is 1.98. The Bertz CT molecular complexity index is 1040. The van der Waals surface area contributed by atoms with E-state index < -0.39 is 28.2 Å². The first-order valence-electron chi connectivity index (χ1n) is 12.9. The first-order chi connectivity index (χ1) is 17.8. The highest BCUT2D eigenvalue weighted by atomic mass is 35.5. The molecule has 4 N–H and O–H groups in total. The molecule has 0 aliphatic heterocycles. The Morgan fingerprint density at radius 1 is 1.03 bits per heavy atom. The number of amides is 2. The van der Waals surface area contributed by atoms with Crippen molar-refractivity contribution in [1.29, 1.82) is 0 Å². The maximum Gasteiger partial charge on any atom is 0.315 e. The molecule has 0 unspecified atom stereocenters. The molecule has 2 aromatic rings. The van der Waals surface area contributed by atoms with Crippen molar-refractivity contribution in [3.8, 4) is 5.75 Å². The van der Waals surface area contributed by atoms with Crippen molar-refractivity contribution in [2.45, 2.75) is 51.8 Å². The molecule has 9 nitrogen and oxygen atoms in total. The molecule has 11 heteroatoms. The zero-order chi connectivity index (χ0) is 27.1. The van der Waals surface area contributed by atoms with Crippen molar-refractivity contribution in [1.82, 2.24) is 20.3 Å². The summed E-state index contributed by atoms with van der Waals surface area (Å²) in [5.74, 6) is 0.587. The van der Waals surface area contributed by atoms with E-state index in [0.717, 1.165) is 29.7 Å². The Hall–Kier alpha value is -2.37. The molecule has 0 saturated heterocycles. The molecule has 0 radical (unpaired) electrons. The third kappa shape index (κ3) is 12.0. The summed E-state index contributed by atoms with van der Waals surface area (Å²) in [5, 5.41) is 19.6. The second-order valence-corrected chi connectivity index (χ2v) is 11.0. The number of nitrogens with one attached hydrogen (secondary N) is 3. The summed E-state index contributed by atoms with van der Waals surface area (Å²) in [4.78, 5) is 12.6. The van der Waals surface area contributed by atoms with Gasteiger partial charge in [-0.25, -0.2) is 17.5 Å². The topological polar surface area (TPSA) is 120 Å². The van der Waals surface area contributed by atoms with Gasteiger partial charge in [0.15, 0.2) is 0 Å². The van der Waals surface area contributed by atoms with Gasteiger partial charge in [-0.15, -0.1) is 12.4 Å². The normalized spacial score (nSPS) is 12.9. The standard InChI is InChI=1S/C27H42N4O5S.ClH/c1-4-15-31(16-5-2)37(34,35)17-14-29-27(33)30-25(19-22-10-7-6-8-11-22)26(32)21-28-20-23-12-9-13-24(18-23)36-3;/h6-13,18,25-26,28,32H,4-5,14-17,19-21H2,1-3H3,(H2,29,30,33);1H/t25-,26+;/m0./s1. The van der Waals surface area contributed by atoms with Crippen LogP contribution in [-0.2, 0) is 23.0 Å². The van der Waals surface area contributed by atoms with E-state index in [-0.39, 0.29) is 31.2 Å². The van der Waals surface area contributed by atoms with E-state index in [1.54, 1.807) is 7.11 Å². The molecule has 0 saturated carbocycles. The molecule has 0 aliphatic carbocycles. The zero-order valence-corrected chi connectivity index (χ0v) is 24.2. The number of nitrogens with zero attached hydrogens (tertiary/aromatic N) is 1. The summed E-state index contributed by atoms with van der Waals surface area (Å²) in [7, 11) is -1.84. The van der Waals surface area contributed by atoms with Crippen LogP contribution in [0.3, 0.4) is 0 Å². The van der Waals surface area contributed by atoms with Crippen LogP contribution in [-0.4, -0.2) is 75.0 Å². The number of aliphatic hydroxyl groups is 1. The molecule has 0 spiro atoms. The number of methoxy groups -OCH3 is 1. The Balaban J connectivity index is 0.00000722. The van der Waals surface area contributed by atoms with Crippen molar-refractivity contribution in [2.24, 2.45) is 0 Å². The molecule has 2 amide bonds. The molecule has 2 atom stereocenters. The van der Waals surface area contributed by atoms with E-state index in [4.69, 9.17) is 4.74 Å². The molecular weight excluding hydrogens is 528 g/mol. The van der Waals surface area contributed by atoms with Crippen LogP contribution in [0.5, 0.6) is 5.75 Å². The smallest absolute Gasteiger partial charge is 0.315 e. The lowest BCUT2D eigenvalue weighted by Crippen LogP contribution is -2.52. The Labute approximate surface area is 233 Å². The van der Waals surface area contributed by atoms with Gasteiger partial charge in [0, 0.05) is 32.7 Å². The van der Waals surface area contributed by atoms with Gasteiger partial charge in [0.05, 0.1) is 25.0 Å². The number of halogens is 1. The van der Waals surface area contributed by atoms with Gasteiger partial charge in [0.2, 0.25) is 10.0 Å². The molecule has 0 aromatic heterocycles. The first kappa shape index (κ1) is 33.7. The highest BCUT2D eigenvalue weighted by Crippen LogP contribution is 2.12. The molecule has 2 rings (SSSR count). The van der Waals surface area contributed by atoms with Gasteiger partial charge < -0.3 is 25.8 Å². The lowest BCUT2D eigenvalue weighted by atomic mass is 10.0. The van der Waals surface area contributed by atoms with Crippen molar-refractivity contribution in [3.63, 3.8) is 0 Å². The second kappa shape index (κ2) is 18.0. The summed E-state index contributed by atoms with van der Waals surface area (Å²) in [6.07, 6.45) is 1.02. The third-order valence-corrected chi connectivity index (χ3v) is 7.75. The van der Waals surface area contributed by atoms with E-state index in [1.807, 2.05) is 68.4 Å². The maximum atomic E-state index is 12.6. The van der Waals surface area contributed by atoms with E-state index in [1.165, 1.54) is 4.31 Å². The number of sulfonamides is 1. The SMILES string of the molecule is CCCN(CCC)S(=O)(=O)CCNC(=O)N[C@@H](Cc1ccccc1)[C@H](O)CNCc1cccc(OC)c1.Cl. The minimum atomic E-state index is -3.46. The Kier molecular flexibility index (Phi) is 16.0. The van der Waals surface area contributed by atoms with Gasteiger partial charge in [0.25, 0.3) is 0 Å². The Morgan fingerprint density at radius 2 is 1.68 bits per heavy atom. The van der Waals surface area contributed by atoms with Crippen LogP contribution >= 0.6 is 12.4 Å². The summed E-state index contributed by atoms with van der Waals surface area (Å²) >= 11 is 0. The lowest BCUT2D eigenvalue weighted by Gasteiger charge is -2.25. The predicted molar refractivity (Wildman–Crippen MR) is 154 cm³/mol. The van der Waals surface area contributed by atoms with Crippen LogP contribution in [0.15, 0.2) is 54.6 Å².